The Morgan fingerprint density at radius 3 is 3.00 bits per heavy atom. The lowest BCUT2D eigenvalue weighted by molar-refractivity contribution is 0.626. The number of rotatable bonds is 2. The number of hydrogen-bond acceptors (Lipinski definition) is 2. The van der Waals surface area contributed by atoms with Crippen LogP contribution in [0.5, 0.6) is 0 Å². The Labute approximate surface area is 103 Å². The molecule has 17 heavy (non-hydrogen) atoms. The second-order valence-corrected chi connectivity index (χ2v) is 4.97. The van der Waals surface area contributed by atoms with Gasteiger partial charge in [-0.3, -0.25) is 0 Å². The van der Waals surface area contributed by atoms with Crippen LogP contribution in [-0.2, 0) is 0 Å². The molecule has 0 bridgehead atoms. The summed E-state index contributed by atoms with van der Waals surface area (Å²) in [5.41, 5.74) is 7.30. The van der Waals surface area contributed by atoms with Gasteiger partial charge in [-0.25, -0.2) is 9.37 Å². The van der Waals surface area contributed by atoms with E-state index < -0.39 is 5.82 Å². The highest BCUT2D eigenvalue weighted by molar-refractivity contribution is 6.31. The maximum Gasteiger partial charge on any atom is 0.201 e. The van der Waals surface area contributed by atoms with Gasteiger partial charge in [0.15, 0.2) is 0 Å². The van der Waals surface area contributed by atoms with Crippen LogP contribution in [0.15, 0.2) is 12.1 Å². The first-order chi connectivity index (χ1) is 8.11. The predicted octanol–water partition coefficient (Wildman–Crippen LogP) is 3.38. The molecule has 2 N–H and O–H groups in total. The van der Waals surface area contributed by atoms with Gasteiger partial charge in [0.2, 0.25) is 5.95 Å². The normalized spacial score (nSPS) is 23.2. The van der Waals surface area contributed by atoms with Gasteiger partial charge >= 0.3 is 0 Å². The fourth-order valence-corrected chi connectivity index (χ4v) is 2.60. The van der Waals surface area contributed by atoms with Crippen molar-refractivity contribution in [3.8, 4) is 0 Å². The van der Waals surface area contributed by atoms with Crippen LogP contribution in [0.25, 0.3) is 11.0 Å². The van der Waals surface area contributed by atoms with Gasteiger partial charge in [-0.05, 0) is 18.4 Å². The molecule has 1 aliphatic rings. The van der Waals surface area contributed by atoms with Gasteiger partial charge < -0.3 is 10.3 Å². The molecular weight excluding hydrogens is 241 g/mol. The molecule has 3 rings (SSSR count). The van der Waals surface area contributed by atoms with Crippen molar-refractivity contribution in [3.63, 3.8) is 0 Å². The van der Waals surface area contributed by atoms with E-state index in [1.165, 1.54) is 12.1 Å². The molecule has 1 aliphatic carbocycles. The van der Waals surface area contributed by atoms with Crippen molar-refractivity contribution >= 4 is 28.6 Å². The number of aromatic nitrogens is 2. The minimum atomic E-state index is -0.422. The fraction of sp³-hybridized carbons (Fsp3) is 0.417. The average molecular weight is 254 g/mol. The molecule has 1 aromatic carbocycles. The van der Waals surface area contributed by atoms with Gasteiger partial charge in [-0.15, -0.1) is 0 Å². The Balaban J connectivity index is 2.17. The highest BCUT2D eigenvalue weighted by Gasteiger charge is 2.39. The molecule has 1 fully saturated rings. The van der Waals surface area contributed by atoms with E-state index in [1.54, 1.807) is 0 Å². The molecule has 0 saturated heterocycles. The van der Waals surface area contributed by atoms with E-state index in [0.717, 1.165) is 18.4 Å². The van der Waals surface area contributed by atoms with E-state index in [2.05, 4.69) is 11.9 Å². The van der Waals surface area contributed by atoms with Crippen LogP contribution in [0.4, 0.5) is 10.3 Å². The highest BCUT2D eigenvalue weighted by Crippen LogP contribution is 2.48. The zero-order chi connectivity index (χ0) is 12.2. The third kappa shape index (κ3) is 1.59. The minimum absolute atomic E-state index is 0.0880. The molecule has 0 spiro atoms. The van der Waals surface area contributed by atoms with Crippen LogP contribution in [0.3, 0.4) is 0 Å². The van der Waals surface area contributed by atoms with Crippen LogP contribution < -0.4 is 5.73 Å². The van der Waals surface area contributed by atoms with Gasteiger partial charge in [0.1, 0.15) is 5.82 Å². The van der Waals surface area contributed by atoms with Gasteiger partial charge in [0, 0.05) is 12.1 Å². The number of fused-ring (bicyclic) bond motifs is 1. The van der Waals surface area contributed by atoms with Gasteiger partial charge in [-0.1, -0.05) is 24.9 Å². The summed E-state index contributed by atoms with van der Waals surface area (Å²) in [6.07, 6.45) is 2.20. The monoisotopic (exact) mass is 253 g/mol. The molecule has 0 radical (unpaired) electrons. The molecule has 1 saturated carbocycles. The van der Waals surface area contributed by atoms with Crippen molar-refractivity contribution in [2.24, 2.45) is 5.92 Å². The molecule has 1 aromatic heterocycles. The van der Waals surface area contributed by atoms with Gasteiger partial charge in [0.25, 0.3) is 0 Å². The summed E-state index contributed by atoms with van der Waals surface area (Å²) in [5, 5.41) is 0.0880. The van der Waals surface area contributed by atoms with E-state index in [-0.39, 0.29) is 5.02 Å². The number of benzene rings is 1. The van der Waals surface area contributed by atoms with Crippen LogP contribution in [-0.4, -0.2) is 9.55 Å². The average Bonchev–Trinajstić information content (AvgIpc) is 2.98. The fourth-order valence-electron chi connectivity index (χ4n) is 2.44. The molecule has 90 valence electrons. The van der Waals surface area contributed by atoms with Crippen molar-refractivity contribution in [2.75, 3.05) is 5.73 Å². The van der Waals surface area contributed by atoms with Crippen molar-refractivity contribution in [3.05, 3.63) is 23.0 Å². The van der Waals surface area contributed by atoms with Gasteiger partial charge in [0.05, 0.1) is 16.1 Å². The standard InChI is InChI=1S/C12H13ClFN3/c1-2-6-3-10(6)17-11-5-8(14)7(13)4-9(11)16-12(17)15/h4-6,10H,2-3H2,1H3,(H2,15,16). The molecule has 2 unspecified atom stereocenters. The third-order valence-electron chi connectivity index (χ3n) is 3.50. The van der Waals surface area contributed by atoms with E-state index in [0.29, 0.717) is 23.4 Å². The maximum absolute atomic E-state index is 13.5. The van der Waals surface area contributed by atoms with Crippen LogP contribution in [0.2, 0.25) is 5.02 Å². The Bertz CT molecular complexity index is 593. The van der Waals surface area contributed by atoms with E-state index in [1.807, 2.05) is 4.57 Å². The lowest BCUT2D eigenvalue weighted by atomic mass is 10.3. The SMILES string of the molecule is CCC1CC1n1c(N)nc2cc(Cl)c(F)cc21. The Morgan fingerprint density at radius 2 is 2.35 bits per heavy atom. The quantitative estimate of drug-likeness (QED) is 0.892. The minimum Gasteiger partial charge on any atom is -0.369 e. The van der Waals surface area contributed by atoms with E-state index >= 15 is 0 Å². The molecule has 2 aromatic rings. The molecule has 3 nitrogen and oxygen atoms in total. The maximum atomic E-state index is 13.5. The van der Waals surface area contributed by atoms with Crippen LogP contribution in [0, 0.1) is 11.7 Å². The number of halogens is 2. The number of nitrogen functional groups attached to an aromatic ring is 1. The molecule has 0 aliphatic heterocycles. The first kappa shape index (κ1) is 10.8. The molecule has 1 heterocycles. The first-order valence-electron chi connectivity index (χ1n) is 5.74. The zero-order valence-electron chi connectivity index (χ0n) is 9.45. The summed E-state index contributed by atoms with van der Waals surface area (Å²) in [6.45, 7) is 2.15. The number of imidazole rings is 1. The second-order valence-electron chi connectivity index (χ2n) is 4.57. The summed E-state index contributed by atoms with van der Waals surface area (Å²) < 4.78 is 15.4. The summed E-state index contributed by atoms with van der Waals surface area (Å²) in [4.78, 5) is 4.23. The number of nitrogens with two attached hydrogens (primary N) is 1. The van der Waals surface area contributed by atoms with Crippen molar-refractivity contribution in [1.29, 1.82) is 0 Å². The molecule has 0 amide bonds. The van der Waals surface area contributed by atoms with Gasteiger partial charge in [-0.2, -0.15) is 0 Å². The Hall–Kier alpha value is -1.29. The van der Waals surface area contributed by atoms with Crippen molar-refractivity contribution < 1.29 is 4.39 Å². The number of nitrogens with zero attached hydrogens (tertiary/aromatic N) is 2. The van der Waals surface area contributed by atoms with Crippen LogP contribution in [0.1, 0.15) is 25.8 Å². The lowest BCUT2D eigenvalue weighted by Crippen LogP contribution is -2.02. The first-order valence-corrected chi connectivity index (χ1v) is 6.12. The largest absolute Gasteiger partial charge is 0.369 e. The Kier molecular flexibility index (Phi) is 2.30. The summed E-state index contributed by atoms with van der Waals surface area (Å²) in [7, 11) is 0. The Morgan fingerprint density at radius 1 is 1.59 bits per heavy atom. The smallest absolute Gasteiger partial charge is 0.201 e. The van der Waals surface area contributed by atoms with E-state index in [9.17, 15) is 4.39 Å². The number of anilines is 1. The number of hydrogen-bond donors (Lipinski definition) is 1. The summed E-state index contributed by atoms with van der Waals surface area (Å²) in [5.74, 6) is 0.657. The summed E-state index contributed by atoms with van der Waals surface area (Å²) in [6, 6.07) is 3.32. The molecule has 5 heteroatoms. The summed E-state index contributed by atoms with van der Waals surface area (Å²) >= 11 is 5.74. The predicted molar refractivity (Wildman–Crippen MR) is 66.5 cm³/mol. The third-order valence-corrected chi connectivity index (χ3v) is 3.79. The second kappa shape index (κ2) is 3.60. The molecular formula is C12H13ClFN3. The highest BCUT2D eigenvalue weighted by atomic mass is 35.5. The topological polar surface area (TPSA) is 43.8 Å². The zero-order valence-corrected chi connectivity index (χ0v) is 10.2. The van der Waals surface area contributed by atoms with E-state index in [4.69, 9.17) is 17.3 Å². The lowest BCUT2D eigenvalue weighted by Gasteiger charge is -2.05. The van der Waals surface area contributed by atoms with Crippen LogP contribution >= 0.6 is 11.6 Å². The molecule has 2 atom stereocenters. The van der Waals surface area contributed by atoms with Crippen molar-refractivity contribution in [1.82, 2.24) is 9.55 Å². The van der Waals surface area contributed by atoms with Crippen molar-refractivity contribution in [2.45, 2.75) is 25.8 Å².